The minimum atomic E-state index is 1.13. The summed E-state index contributed by atoms with van der Waals surface area (Å²) in [7, 11) is 0. The summed E-state index contributed by atoms with van der Waals surface area (Å²) in [5.41, 5.74) is 11.2. The van der Waals surface area contributed by atoms with Crippen molar-refractivity contribution in [1.82, 2.24) is 0 Å². The quantitative estimate of drug-likeness (QED) is 0.546. The van der Waals surface area contributed by atoms with Crippen LogP contribution < -0.4 is 0 Å². The van der Waals surface area contributed by atoms with Crippen LogP contribution in [0.1, 0.15) is 43.7 Å². The first kappa shape index (κ1) is 16.8. The van der Waals surface area contributed by atoms with E-state index in [4.69, 9.17) is 0 Å². The zero-order chi connectivity index (χ0) is 17.9. The van der Waals surface area contributed by atoms with E-state index in [1.807, 2.05) is 0 Å². The molecule has 0 aromatic heterocycles. The molecule has 26 heavy (non-hydrogen) atoms. The van der Waals surface area contributed by atoms with Crippen molar-refractivity contribution < 1.29 is 0 Å². The van der Waals surface area contributed by atoms with Gasteiger partial charge in [-0.1, -0.05) is 84.0 Å². The van der Waals surface area contributed by atoms with E-state index in [1.165, 1.54) is 57.4 Å². The van der Waals surface area contributed by atoms with Gasteiger partial charge in [0.05, 0.1) is 0 Å². The molecule has 0 heteroatoms. The summed E-state index contributed by atoms with van der Waals surface area (Å²) in [6.07, 6.45) is 14.0. The predicted molar refractivity (Wildman–Crippen MR) is 113 cm³/mol. The molecule has 0 nitrogen and oxygen atoms in total. The highest BCUT2D eigenvalue weighted by atomic mass is 14.2. The van der Waals surface area contributed by atoms with Crippen LogP contribution in [0.2, 0.25) is 0 Å². The standard InChI is InChI=1S/C26H26/c1-19-3-7-21(8-4-19)23-11-15-25(16-12-23)26-17-13-24(14-18-26)22-9-5-20(2)6-10-22/h3-5,7-9,11-13,15-17H,6,10,14,18H2,1-2H3. The van der Waals surface area contributed by atoms with Gasteiger partial charge in [-0.05, 0) is 72.9 Å². The van der Waals surface area contributed by atoms with E-state index < -0.39 is 0 Å². The molecular formula is C26H26. The first-order valence-corrected chi connectivity index (χ1v) is 9.63. The van der Waals surface area contributed by atoms with Crippen LogP contribution in [0, 0.1) is 6.92 Å². The number of benzene rings is 2. The predicted octanol–water partition coefficient (Wildman–Crippen LogP) is 7.43. The van der Waals surface area contributed by atoms with E-state index in [-0.39, 0.29) is 0 Å². The van der Waals surface area contributed by atoms with Crippen molar-refractivity contribution in [2.24, 2.45) is 0 Å². The summed E-state index contributed by atoms with van der Waals surface area (Å²) >= 11 is 0. The second-order valence-corrected chi connectivity index (χ2v) is 7.53. The highest BCUT2D eigenvalue weighted by Crippen LogP contribution is 2.34. The van der Waals surface area contributed by atoms with Crippen molar-refractivity contribution in [1.29, 1.82) is 0 Å². The molecule has 0 radical (unpaired) electrons. The molecule has 2 aromatic carbocycles. The Kier molecular flexibility index (Phi) is 4.75. The first-order valence-electron chi connectivity index (χ1n) is 9.63. The van der Waals surface area contributed by atoms with Gasteiger partial charge in [-0.2, -0.15) is 0 Å². The Morgan fingerprint density at radius 2 is 0.923 bits per heavy atom. The summed E-state index contributed by atoms with van der Waals surface area (Å²) in [6.45, 7) is 4.35. The van der Waals surface area contributed by atoms with Crippen LogP contribution in [0.4, 0.5) is 0 Å². The van der Waals surface area contributed by atoms with Gasteiger partial charge < -0.3 is 0 Å². The third-order valence-electron chi connectivity index (χ3n) is 5.56. The van der Waals surface area contributed by atoms with E-state index >= 15 is 0 Å². The van der Waals surface area contributed by atoms with Crippen LogP contribution in [0.3, 0.4) is 0 Å². The molecule has 2 aliphatic rings. The summed E-state index contributed by atoms with van der Waals surface area (Å²) in [4.78, 5) is 0. The van der Waals surface area contributed by atoms with Crippen LogP contribution in [-0.4, -0.2) is 0 Å². The van der Waals surface area contributed by atoms with Gasteiger partial charge in [0, 0.05) is 0 Å². The minimum absolute atomic E-state index is 1.13. The van der Waals surface area contributed by atoms with Gasteiger partial charge in [0.1, 0.15) is 0 Å². The van der Waals surface area contributed by atoms with E-state index in [0.717, 1.165) is 12.8 Å². The highest BCUT2D eigenvalue weighted by molar-refractivity contribution is 5.73. The summed E-state index contributed by atoms with van der Waals surface area (Å²) in [5.74, 6) is 0. The first-order chi connectivity index (χ1) is 12.7. The van der Waals surface area contributed by atoms with E-state index in [9.17, 15) is 0 Å². The molecule has 0 spiro atoms. The van der Waals surface area contributed by atoms with Gasteiger partial charge >= 0.3 is 0 Å². The maximum atomic E-state index is 2.34. The van der Waals surface area contributed by atoms with E-state index in [1.54, 1.807) is 0 Å². The monoisotopic (exact) mass is 338 g/mol. The van der Waals surface area contributed by atoms with Crippen LogP contribution in [0.5, 0.6) is 0 Å². The summed E-state index contributed by atoms with van der Waals surface area (Å²) < 4.78 is 0. The van der Waals surface area contributed by atoms with Crippen molar-refractivity contribution >= 4 is 5.57 Å². The van der Waals surface area contributed by atoms with Crippen LogP contribution in [0.25, 0.3) is 16.7 Å². The van der Waals surface area contributed by atoms with Crippen LogP contribution in [-0.2, 0) is 0 Å². The number of aryl methyl sites for hydroxylation is 1. The van der Waals surface area contributed by atoms with Crippen molar-refractivity contribution in [2.75, 3.05) is 0 Å². The topological polar surface area (TPSA) is 0 Å². The Bertz CT molecular complexity index is 913. The van der Waals surface area contributed by atoms with E-state index in [0.29, 0.717) is 0 Å². The van der Waals surface area contributed by atoms with Crippen molar-refractivity contribution in [3.63, 3.8) is 0 Å². The summed E-state index contributed by atoms with van der Waals surface area (Å²) in [6, 6.07) is 17.8. The van der Waals surface area contributed by atoms with Gasteiger partial charge in [0.25, 0.3) is 0 Å². The fourth-order valence-corrected chi connectivity index (χ4v) is 3.78. The Hall–Kier alpha value is -2.60. The molecule has 0 N–H and O–H groups in total. The average molecular weight is 338 g/mol. The molecule has 0 saturated heterocycles. The molecule has 0 aliphatic heterocycles. The Morgan fingerprint density at radius 3 is 1.46 bits per heavy atom. The number of allylic oxidation sites excluding steroid dienone is 8. The molecule has 0 unspecified atom stereocenters. The molecule has 2 aromatic rings. The minimum Gasteiger partial charge on any atom is -0.0730 e. The lowest BCUT2D eigenvalue weighted by atomic mass is 9.86. The highest BCUT2D eigenvalue weighted by Gasteiger charge is 2.13. The van der Waals surface area contributed by atoms with E-state index in [2.05, 4.69) is 86.7 Å². The molecular weight excluding hydrogens is 312 g/mol. The summed E-state index contributed by atoms with van der Waals surface area (Å²) in [5, 5.41) is 0. The van der Waals surface area contributed by atoms with Gasteiger partial charge in [0.2, 0.25) is 0 Å². The molecule has 0 atom stereocenters. The third-order valence-corrected chi connectivity index (χ3v) is 5.56. The lowest BCUT2D eigenvalue weighted by molar-refractivity contribution is 0.874. The van der Waals surface area contributed by atoms with Crippen molar-refractivity contribution in [3.05, 3.63) is 101 Å². The maximum Gasteiger partial charge on any atom is -0.0184 e. The largest absolute Gasteiger partial charge is 0.0730 e. The molecule has 2 aliphatic carbocycles. The second kappa shape index (κ2) is 7.33. The molecule has 0 saturated carbocycles. The van der Waals surface area contributed by atoms with Crippen molar-refractivity contribution in [3.8, 4) is 11.1 Å². The molecule has 0 amide bonds. The number of hydrogen-bond donors (Lipinski definition) is 0. The van der Waals surface area contributed by atoms with Gasteiger partial charge in [-0.15, -0.1) is 0 Å². The SMILES string of the molecule is CC1=CC=C(C2=CC=C(c3ccc(-c4ccc(C)cc4)cc3)CC2)CC1. The fraction of sp³-hybridized carbons (Fsp3) is 0.231. The van der Waals surface area contributed by atoms with Crippen LogP contribution >= 0.6 is 0 Å². The molecule has 130 valence electrons. The lowest BCUT2D eigenvalue weighted by Crippen LogP contribution is -1.99. The smallest absolute Gasteiger partial charge is 0.0184 e. The maximum absolute atomic E-state index is 2.34. The van der Waals surface area contributed by atoms with Gasteiger partial charge in [-0.3, -0.25) is 0 Å². The Labute approximate surface area is 157 Å². The normalized spacial score (nSPS) is 17.2. The Morgan fingerprint density at radius 1 is 0.462 bits per heavy atom. The van der Waals surface area contributed by atoms with Gasteiger partial charge in [0.15, 0.2) is 0 Å². The number of rotatable bonds is 3. The zero-order valence-electron chi connectivity index (χ0n) is 15.8. The van der Waals surface area contributed by atoms with Crippen LogP contribution in [0.15, 0.2) is 89.6 Å². The average Bonchev–Trinajstić information content (AvgIpc) is 2.70. The molecule has 0 heterocycles. The lowest BCUT2D eigenvalue weighted by Gasteiger charge is -2.20. The van der Waals surface area contributed by atoms with Crippen molar-refractivity contribution in [2.45, 2.75) is 39.5 Å². The third kappa shape index (κ3) is 3.65. The van der Waals surface area contributed by atoms with Gasteiger partial charge in [-0.25, -0.2) is 0 Å². The second-order valence-electron chi connectivity index (χ2n) is 7.53. The molecule has 0 fully saturated rings. The number of hydrogen-bond acceptors (Lipinski definition) is 0. The Balaban J connectivity index is 1.52. The molecule has 0 bridgehead atoms. The zero-order valence-corrected chi connectivity index (χ0v) is 15.8. The fourth-order valence-electron chi connectivity index (χ4n) is 3.78. The molecule has 4 rings (SSSR count).